The van der Waals surface area contributed by atoms with Gasteiger partial charge < -0.3 is 5.32 Å². The molecule has 22 heavy (non-hydrogen) atoms. The van der Waals surface area contributed by atoms with Crippen molar-refractivity contribution < 1.29 is 4.79 Å². The van der Waals surface area contributed by atoms with Crippen LogP contribution in [0, 0.1) is 16.7 Å². The number of hydrogen-bond donors (Lipinski definition) is 1. The van der Waals surface area contributed by atoms with E-state index in [0.717, 1.165) is 19.4 Å². The molecule has 4 nitrogen and oxygen atoms in total. The minimum atomic E-state index is -0.780. The molecule has 1 N–H and O–H groups in total. The van der Waals surface area contributed by atoms with Crippen LogP contribution in [-0.4, -0.2) is 30.4 Å². The van der Waals surface area contributed by atoms with E-state index >= 15 is 0 Å². The lowest BCUT2D eigenvalue weighted by Crippen LogP contribution is -2.45. The summed E-state index contributed by atoms with van der Waals surface area (Å²) in [5, 5.41) is 12.3. The van der Waals surface area contributed by atoms with Gasteiger partial charge in [0.25, 0.3) is 0 Å². The number of carbonyl (C=O) groups excluding carboxylic acids is 1. The van der Waals surface area contributed by atoms with E-state index in [9.17, 15) is 10.1 Å². The van der Waals surface area contributed by atoms with E-state index in [0.29, 0.717) is 19.4 Å². The SMILES string of the molecule is C[C@@H](CNC(=O)C1(C#N)CCCC1)N(C)Cc1ccccc1. The maximum Gasteiger partial charge on any atom is 0.240 e. The number of rotatable bonds is 6. The van der Waals surface area contributed by atoms with Crippen molar-refractivity contribution in [2.45, 2.75) is 45.2 Å². The second-order valence-electron chi connectivity index (χ2n) is 6.36. The zero-order chi connectivity index (χ0) is 16.0. The van der Waals surface area contributed by atoms with Crippen molar-refractivity contribution in [3.63, 3.8) is 0 Å². The smallest absolute Gasteiger partial charge is 0.240 e. The molecule has 0 bridgehead atoms. The zero-order valence-corrected chi connectivity index (χ0v) is 13.5. The normalized spacial score (nSPS) is 17.9. The second-order valence-corrected chi connectivity index (χ2v) is 6.36. The molecule has 1 aromatic rings. The lowest BCUT2D eigenvalue weighted by Gasteiger charge is -2.27. The molecule has 118 valence electrons. The van der Waals surface area contributed by atoms with Crippen LogP contribution < -0.4 is 5.32 Å². The van der Waals surface area contributed by atoms with E-state index in [1.54, 1.807) is 0 Å². The maximum absolute atomic E-state index is 12.3. The Morgan fingerprint density at radius 2 is 2.00 bits per heavy atom. The highest BCUT2D eigenvalue weighted by atomic mass is 16.2. The highest BCUT2D eigenvalue weighted by Crippen LogP contribution is 2.37. The Morgan fingerprint density at radius 1 is 1.36 bits per heavy atom. The van der Waals surface area contributed by atoms with Crippen molar-refractivity contribution in [1.29, 1.82) is 5.26 Å². The molecule has 1 fully saturated rings. The summed E-state index contributed by atoms with van der Waals surface area (Å²) in [4.78, 5) is 14.5. The fraction of sp³-hybridized carbons (Fsp3) is 0.556. The van der Waals surface area contributed by atoms with Gasteiger partial charge in [0.2, 0.25) is 5.91 Å². The van der Waals surface area contributed by atoms with Crippen molar-refractivity contribution in [2.75, 3.05) is 13.6 Å². The second kappa shape index (κ2) is 7.42. The molecule has 2 rings (SSSR count). The van der Waals surface area contributed by atoms with Gasteiger partial charge in [-0.3, -0.25) is 9.69 Å². The van der Waals surface area contributed by atoms with Gasteiger partial charge in [0.1, 0.15) is 5.41 Å². The molecule has 0 radical (unpaired) electrons. The quantitative estimate of drug-likeness (QED) is 0.878. The largest absolute Gasteiger partial charge is 0.353 e. The van der Waals surface area contributed by atoms with Crippen LogP contribution in [-0.2, 0) is 11.3 Å². The molecule has 0 aromatic heterocycles. The van der Waals surface area contributed by atoms with E-state index in [-0.39, 0.29) is 11.9 Å². The summed E-state index contributed by atoms with van der Waals surface area (Å²) in [6.45, 7) is 3.52. The molecule has 0 spiro atoms. The monoisotopic (exact) mass is 299 g/mol. The fourth-order valence-electron chi connectivity index (χ4n) is 2.96. The Labute approximate surface area is 133 Å². The van der Waals surface area contributed by atoms with Crippen LogP contribution in [0.15, 0.2) is 30.3 Å². The number of hydrogen-bond acceptors (Lipinski definition) is 3. The standard InChI is InChI=1S/C18H25N3O/c1-15(21(2)13-16-8-4-3-5-9-16)12-20-17(22)18(14-19)10-6-7-11-18/h3-5,8-9,15H,6-7,10-13H2,1-2H3,(H,20,22)/t15-/m0/s1. The fourth-order valence-corrected chi connectivity index (χ4v) is 2.96. The minimum absolute atomic E-state index is 0.0903. The summed E-state index contributed by atoms with van der Waals surface area (Å²) in [6, 6.07) is 12.8. The minimum Gasteiger partial charge on any atom is -0.353 e. The van der Waals surface area contributed by atoms with Crippen LogP contribution >= 0.6 is 0 Å². The number of nitrogens with zero attached hydrogens (tertiary/aromatic N) is 2. The molecule has 1 aliphatic carbocycles. The molecule has 1 amide bonds. The summed E-state index contributed by atoms with van der Waals surface area (Å²) >= 11 is 0. The van der Waals surface area contributed by atoms with Gasteiger partial charge in [-0.2, -0.15) is 5.26 Å². The predicted molar refractivity (Wildman–Crippen MR) is 86.9 cm³/mol. The van der Waals surface area contributed by atoms with Crippen LogP contribution in [0.5, 0.6) is 0 Å². The van der Waals surface area contributed by atoms with Gasteiger partial charge in [0.05, 0.1) is 6.07 Å². The van der Waals surface area contributed by atoms with Crippen molar-refractivity contribution in [1.82, 2.24) is 10.2 Å². The van der Waals surface area contributed by atoms with Crippen LogP contribution in [0.4, 0.5) is 0 Å². The van der Waals surface area contributed by atoms with Crippen molar-refractivity contribution in [2.24, 2.45) is 5.41 Å². The molecule has 1 atom stereocenters. The number of carbonyl (C=O) groups is 1. The molecule has 0 saturated heterocycles. The molecule has 0 aliphatic heterocycles. The lowest BCUT2D eigenvalue weighted by molar-refractivity contribution is -0.128. The Kier molecular flexibility index (Phi) is 5.57. The first-order chi connectivity index (χ1) is 10.6. The molecule has 1 saturated carbocycles. The average Bonchev–Trinajstić information content (AvgIpc) is 3.03. The lowest BCUT2D eigenvalue weighted by atomic mass is 9.87. The number of likely N-dealkylation sites (N-methyl/N-ethyl adjacent to an activating group) is 1. The summed E-state index contributed by atoms with van der Waals surface area (Å²) in [5.74, 6) is -0.0903. The number of nitriles is 1. The summed E-state index contributed by atoms with van der Waals surface area (Å²) in [6.07, 6.45) is 3.35. The third-order valence-corrected chi connectivity index (χ3v) is 4.69. The molecule has 4 heteroatoms. The predicted octanol–water partition coefficient (Wildman–Crippen LogP) is 2.71. The first-order valence-electron chi connectivity index (χ1n) is 8.01. The van der Waals surface area contributed by atoms with E-state index in [1.807, 2.05) is 18.2 Å². The van der Waals surface area contributed by atoms with Crippen LogP contribution in [0.3, 0.4) is 0 Å². The van der Waals surface area contributed by atoms with Crippen LogP contribution in [0.2, 0.25) is 0 Å². The van der Waals surface area contributed by atoms with Gasteiger partial charge >= 0.3 is 0 Å². The molecule has 0 unspecified atom stereocenters. The van der Waals surface area contributed by atoms with E-state index in [2.05, 4.69) is 42.4 Å². The van der Waals surface area contributed by atoms with Gasteiger partial charge in [0.15, 0.2) is 0 Å². The van der Waals surface area contributed by atoms with Gasteiger partial charge in [-0.05, 0) is 32.4 Å². The summed E-state index contributed by atoms with van der Waals surface area (Å²) in [5.41, 5.74) is 0.477. The Hall–Kier alpha value is -1.86. The topological polar surface area (TPSA) is 56.1 Å². The van der Waals surface area contributed by atoms with Gasteiger partial charge in [-0.15, -0.1) is 0 Å². The highest BCUT2D eigenvalue weighted by molar-refractivity contribution is 5.85. The highest BCUT2D eigenvalue weighted by Gasteiger charge is 2.41. The van der Waals surface area contributed by atoms with Crippen molar-refractivity contribution in [3.05, 3.63) is 35.9 Å². The number of nitrogens with one attached hydrogen (secondary N) is 1. The number of amides is 1. The third kappa shape index (κ3) is 3.86. The average molecular weight is 299 g/mol. The van der Waals surface area contributed by atoms with Crippen LogP contribution in [0.25, 0.3) is 0 Å². The number of benzene rings is 1. The van der Waals surface area contributed by atoms with E-state index < -0.39 is 5.41 Å². The Balaban J connectivity index is 1.83. The third-order valence-electron chi connectivity index (χ3n) is 4.69. The molecule has 0 heterocycles. The Morgan fingerprint density at radius 3 is 2.59 bits per heavy atom. The van der Waals surface area contributed by atoms with Crippen molar-refractivity contribution >= 4 is 5.91 Å². The van der Waals surface area contributed by atoms with Gasteiger partial charge in [0, 0.05) is 19.1 Å². The molecule has 1 aromatic carbocycles. The Bertz CT molecular complexity index is 529. The summed E-state index contributed by atoms with van der Waals surface area (Å²) in [7, 11) is 2.06. The van der Waals surface area contributed by atoms with Crippen molar-refractivity contribution in [3.8, 4) is 6.07 Å². The first kappa shape index (κ1) is 16.5. The molecular formula is C18H25N3O. The van der Waals surface area contributed by atoms with E-state index in [4.69, 9.17) is 0 Å². The summed E-state index contributed by atoms with van der Waals surface area (Å²) < 4.78 is 0. The maximum atomic E-state index is 12.3. The van der Waals surface area contributed by atoms with Gasteiger partial charge in [-0.25, -0.2) is 0 Å². The van der Waals surface area contributed by atoms with Gasteiger partial charge in [-0.1, -0.05) is 43.2 Å². The van der Waals surface area contributed by atoms with Crippen LogP contribution in [0.1, 0.15) is 38.2 Å². The molecular weight excluding hydrogens is 274 g/mol. The first-order valence-corrected chi connectivity index (χ1v) is 8.01. The zero-order valence-electron chi connectivity index (χ0n) is 13.5. The van der Waals surface area contributed by atoms with E-state index in [1.165, 1.54) is 5.56 Å². The molecule has 1 aliphatic rings.